The normalized spacial score (nSPS) is 10.8. The number of nitrogens with one attached hydrogen (secondary N) is 1. The lowest BCUT2D eigenvalue weighted by molar-refractivity contribution is -0.116. The number of fused-ring (bicyclic) bond motifs is 1. The van der Waals surface area contributed by atoms with Gasteiger partial charge in [0.1, 0.15) is 21.1 Å². The largest absolute Gasteiger partial charge is 0.497 e. The number of carbonyl (C=O) groups excluding carboxylic acids is 1. The molecule has 2 heterocycles. The molecule has 0 radical (unpaired) electrons. The van der Waals surface area contributed by atoms with Gasteiger partial charge in [0.15, 0.2) is 0 Å². The molecule has 140 valence electrons. The van der Waals surface area contributed by atoms with E-state index in [0.29, 0.717) is 12.8 Å². The summed E-state index contributed by atoms with van der Waals surface area (Å²) in [5.41, 5.74) is 3.80. The number of aromatic nitrogens is 2. The molecule has 5 nitrogen and oxygen atoms in total. The monoisotopic (exact) mass is 389 g/mol. The van der Waals surface area contributed by atoms with Crippen LogP contribution < -0.4 is 10.1 Å². The molecule has 0 aliphatic heterocycles. The van der Waals surface area contributed by atoms with Crippen LogP contribution in [0.2, 0.25) is 0 Å². The summed E-state index contributed by atoms with van der Waals surface area (Å²) in [7, 11) is 1.64. The maximum absolute atomic E-state index is 12.2. The number of carbonyl (C=O) groups is 1. The number of aryl methyl sites for hydroxylation is 1. The van der Waals surface area contributed by atoms with Crippen molar-refractivity contribution >= 4 is 33.3 Å². The van der Waals surface area contributed by atoms with E-state index in [4.69, 9.17) is 4.74 Å². The standard InChI is InChI=1S/C22H19N3O2S/c1-27-18-11-4-15(5-12-18)6-13-20(26)24-17-9-7-16(8-10-17)21-25-19-3-2-14-23-22(19)28-21/h2-5,7-12,14H,6,13H2,1H3,(H,24,26). The molecular formula is C22H19N3O2S. The second kappa shape index (κ2) is 8.19. The zero-order valence-corrected chi connectivity index (χ0v) is 16.2. The van der Waals surface area contributed by atoms with Crippen LogP contribution in [0.5, 0.6) is 5.75 Å². The van der Waals surface area contributed by atoms with Crippen LogP contribution >= 0.6 is 11.3 Å². The first-order valence-electron chi connectivity index (χ1n) is 8.96. The summed E-state index contributed by atoms with van der Waals surface area (Å²) >= 11 is 1.56. The first-order valence-corrected chi connectivity index (χ1v) is 9.78. The highest BCUT2D eigenvalue weighted by molar-refractivity contribution is 7.21. The Bertz CT molecular complexity index is 1060. The number of pyridine rings is 1. The van der Waals surface area contributed by atoms with Gasteiger partial charge in [-0.25, -0.2) is 9.97 Å². The highest BCUT2D eigenvalue weighted by Crippen LogP contribution is 2.29. The van der Waals surface area contributed by atoms with Crippen molar-refractivity contribution in [3.63, 3.8) is 0 Å². The lowest BCUT2D eigenvalue weighted by Gasteiger charge is -2.07. The molecule has 2 aromatic carbocycles. The molecule has 0 atom stereocenters. The van der Waals surface area contributed by atoms with Gasteiger partial charge in [-0.15, -0.1) is 0 Å². The molecule has 4 rings (SSSR count). The molecule has 0 saturated heterocycles. The van der Waals surface area contributed by atoms with Crippen LogP contribution in [0.25, 0.3) is 20.9 Å². The van der Waals surface area contributed by atoms with E-state index in [1.165, 1.54) is 0 Å². The summed E-state index contributed by atoms with van der Waals surface area (Å²) in [6.07, 6.45) is 2.89. The van der Waals surface area contributed by atoms with Crippen molar-refractivity contribution in [2.75, 3.05) is 12.4 Å². The molecule has 0 fully saturated rings. The molecule has 1 amide bonds. The first-order chi connectivity index (χ1) is 13.7. The third-order valence-electron chi connectivity index (χ3n) is 4.38. The maximum atomic E-state index is 12.2. The highest BCUT2D eigenvalue weighted by atomic mass is 32.1. The highest BCUT2D eigenvalue weighted by Gasteiger charge is 2.08. The van der Waals surface area contributed by atoms with Gasteiger partial charge >= 0.3 is 0 Å². The third-order valence-corrected chi connectivity index (χ3v) is 5.41. The predicted octanol–water partition coefficient (Wildman–Crippen LogP) is 4.94. The molecule has 6 heteroatoms. The van der Waals surface area contributed by atoms with Crippen LogP contribution in [-0.4, -0.2) is 23.0 Å². The van der Waals surface area contributed by atoms with Crippen LogP contribution in [0.15, 0.2) is 66.9 Å². The van der Waals surface area contributed by atoms with Crippen molar-refractivity contribution in [3.05, 3.63) is 72.4 Å². The SMILES string of the molecule is COc1ccc(CCC(=O)Nc2ccc(-c3nc4cccnc4s3)cc2)cc1. The molecule has 0 aliphatic rings. The van der Waals surface area contributed by atoms with Gasteiger partial charge in [0.05, 0.1) is 7.11 Å². The lowest BCUT2D eigenvalue weighted by atomic mass is 10.1. The van der Waals surface area contributed by atoms with Crippen LogP contribution in [0.3, 0.4) is 0 Å². The number of rotatable bonds is 6. The van der Waals surface area contributed by atoms with Gasteiger partial charge in [-0.05, 0) is 60.5 Å². The molecule has 0 saturated carbocycles. The minimum atomic E-state index is -0.00671. The van der Waals surface area contributed by atoms with E-state index in [9.17, 15) is 4.79 Å². The maximum Gasteiger partial charge on any atom is 0.224 e. The van der Waals surface area contributed by atoms with Crippen molar-refractivity contribution in [1.82, 2.24) is 9.97 Å². The van der Waals surface area contributed by atoms with Gasteiger partial charge in [-0.1, -0.05) is 23.5 Å². The fraction of sp³-hybridized carbons (Fsp3) is 0.136. The molecule has 4 aromatic rings. The number of nitrogens with zero attached hydrogens (tertiary/aromatic N) is 2. The number of hydrogen-bond acceptors (Lipinski definition) is 5. The van der Waals surface area contributed by atoms with Crippen LogP contribution in [0, 0.1) is 0 Å². The van der Waals surface area contributed by atoms with Crippen LogP contribution in [0.4, 0.5) is 5.69 Å². The Morgan fingerprint density at radius 2 is 1.86 bits per heavy atom. The van der Waals surface area contributed by atoms with Crippen LogP contribution in [0.1, 0.15) is 12.0 Å². The molecule has 2 aromatic heterocycles. The van der Waals surface area contributed by atoms with Gasteiger partial charge in [-0.2, -0.15) is 0 Å². The Hall–Kier alpha value is -3.25. The number of methoxy groups -OCH3 is 1. The van der Waals surface area contributed by atoms with Gasteiger partial charge < -0.3 is 10.1 Å². The average molecular weight is 389 g/mol. The van der Waals surface area contributed by atoms with E-state index in [-0.39, 0.29) is 5.91 Å². The quantitative estimate of drug-likeness (QED) is 0.507. The van der Waals surface area contributed by atoms with E-state index >= 15 is 0 Å². The molecule has 0 spiro atoms. The Balaban J connectivity index is 1.36. The zero-order valence-electron chi connectivity index (χ0n) is 15.4. The number of hydrogen-bond donors (Lipinski definition) is 1. The predicted molar refractivity (Wildman–Crippen MR) is 113 cm³/mol. The third kappa shape index (κ3) is 4.18. The number of anilines is 1. The fourth-order valence-electron chi connectivity index (χ4n) is 2.86. The van der Waals surface area contributed by atoms with Crippen molar-refractivity contribution in [1.29, 1.82) is 0 Å². The Morgan fingerprint density at radius 1 is 1.07 bits per heavy atom. The summed E-state index contributed by atoms with van der Waals surface area (Å²) in [5, 5.41) is 3.87. The number of amides is 1. The topological polar surface area (TPSA) is 64.1 Å². The second-order valence-electron chi connectivity index (χ2n) is 6.32. The lowest BCUT2D eigenvalue weighted by Crippen LogP contribution is -2.12. The van der Waals surface area contributed by atoms with E-state index in [1.54, 1.807) is 24.6 Å². The van der Waals surface area contributed by atoms with Gasteiger partial charge in [0, 0.05) is 23.9 Å². The van der Waals surface area contributed by atoms with Crippen molar-refractivity contribution < 1.29 is 9.53 Å². The average Bonchev–Trinajstić information content (AvgIpc) is 3.17. The van der Waals surface area contributed by atoms with Crippen molar-refractivity contribution in [2.24, 2.45) is 0 Å². The van der Waals surface area contributed by atoms with E-state index in [2.05, 4.69) is 15.3 Å². The number of ether oxygens (including phenoxy) is 1. The second-order valence-corrected chi connectivity index (χ2v) is 7.30. The molecule has 28 heavy (non-hydrogen) atoms. The Morgan fingerprint density at radius 3 is 2.57 bits per heavy atom. The van der Waals surface area contributed by atoms with E-state index < -0.39 is 0 Å². The van der Waals surface area contributed by atoms with E-state index in [0.717, 1.165) is 37.9 Å². The van der Waals surface area contributed by atoms with Crippen molar-refractivity contribution in [3.8, 4) is 16.3 Å². The van der Waals surface area contributed by atoms with Crippen LogP contribution in [-0.2, 0) is 11.2 Å². The Kier molecular flexibility index (Phi) is 5.30. The zero-order chi connectivity index (χ0) is 19.3. The molecule has 0 bridgehead atoms. The summed E-state index contributed by atoms with van der Waals surface area (Å²) in [5.74, 6) is 0.810. The smallest absolute Gasteiger partial charge is 0.224 e. The molecular weight excluding hydrogens is 370 g/mol. The number of benzene rings is 2. The summed E-state index contributed by atoms with van der Waals surface area (Å²) in [4.78, 5) is 22.1. The molecule has 0 aliphatic carbocycles. The van der Waals surface area contributed by atoms with Crippen molar-refractivity contribution in [2.45, 2.75) is 12.8 Å². The summed E-state index contributed by atoms with van der Waals surface area (Å²) < 4.78 is 5.15. The number of thiazole rings is 1. The Labute approximate surface area is 167 Å². The molecule has 1 N–H and O–H groups in total. The van der Waals surface area contributed by atoms with Gasteiger partial charge in [0.2, 0.25) is 5.91 Å². The summed E-state index contributed by atoms with van der Waals surface area (Å²) in [6.45, 7) is 0. The van der Waals surface area contributed by atoms with Gasteiger partial charge in [0.25, 0.3) is 0 Å². The first kappa shape index (κ1) is 18.1. The minimum Gasteiger partial charge on any atom is -0.497 e. The molecule has 0 unspecified atom stereocenters. The van der Waals surface area contributed by atoms with Gasteiger partial charge in [-0.3, -0.25) is 4.79 Å². The fourth-order valence-corrected chi connectivity index (χ4v) is 3.78. The minimum absolute atomic E-state index is 0.00671. The summed E-state index contributed by atoms with van der Waals surface area (Å²) in [6, 6.07) is 19.4. The van der Waals surface area contributed by atoms with E-state index in [1.807, 2.05) is 60.7 Å².